The van der Waals surface area contributed by atoms with Crippen LogP contribution in [0, 0.1) is 27.4 Å². The van der Waals surface area contributed by atoms with E-state index in [1.165, 1.54) is 12.3 Å². The highest BCUT2D eigenvalue weighted by atomic mass is 16.6. The zero-order chi connectivity index (χ0) is 14.4. The lowest BCUT2D eigenvalue weighted by Gasteiger charge is -2.18. The maximum atomic E-state index is 11.0. The second-order valence-electron chi connectivity index (χ2n) is 4.72. The van der Waals surface area contributed by atoms with Crippen molar-refractivity contribution >= 4 is 11.5 Å². The summed E-state index contributed by atoms with van der Waals surface area (Å²) in [6.45, 7) is 6.19. The normalized spacial score (nSPS) is 13.4. The van der Waals surface area contributed by atoms with Gasteiger partial charge in [0.25, 0.3) is 0 Å². The van der Waals surface area contributed by atoms with E-state index in [1.807, 2.05) is 13.0 Å². The van der Waals surface area contributed by atoms with Crippen LogP contribution >= 0.6 is 0 Å². The van der Waals surface area contributed by atoms with Crippen LogP contribution < -0.4 is 5.32 Å². The number of pyridine rings is 1. The number of anilines is 1. The van der Waals surface area contributed by atoms with Gasteiger partial charge in [-0.3, -0.25) is 10.1 Å². The molecule has 0 aliphatic rings. The Kier molecular flexibility index (Phi) is 5.24. The van der Waals surface area contributed by atoms with Crippen LogP contribution in [0.2, 0.25) is 0 Å². The van der Waals surface area contributed by atoms with Crippen LogP contribution in [-0.4, -0.2) is 15.9 Å². The van der Waals surface area contributed by atoms with Crippen molar-refractivity contribution in [3.05, 3.63) is 27.9 Å². The van der Waals surface area contributed by atoms with E-state index in [0.717, 1.165) is 12.8 Å². The minimum atomic E-state index is -0.566. The number of rotatable bonds is 6. The molecule has 19 heavy (non-hydrogen) atoms. The molecule has 1 aromatic heterocycles. The second-order valence-corrected chi connectivity index (χ2v) is 4.72. The quantitative estimate of drug-likeness (QED) is 0.628. The van der Waals surface area contributed by atoms with Gasteiger partial charge in [0, 0.05) is 12.2 Å². The molecule has 102 valence electrons. The fourth-order valence-corrected chi connectivity index (χ4v) is 1.90. The summed E-state index contributed by atoms with van der Waals surface area (Å²) in [6, 6.07) is 3.24. The number of nitriles is 1. The SMILES string of the molecule is CCC(C)CC(C)Nc1nccc(C#N)c1[N+](=O)[O-]. The predicted octanol–water partition coefficient (Wildman–Crippen LogP) is 3.10. The molecule has 6 nitrogen and oxygen atoms in total. The van der Waals surface area contributed by atoms with Crippen LogP contribution in [0.15, 0.2) is 12.3 Å². The Morgan fingerprint density at radius 2 is 2.26 bits per heavy atom. The van der Waals surface area contributed by atoms with Gasteiger partial charge in [-0.1, -0.05) is 20.3 Å². The lowest BCUT2D eigenvalue weighted by molar-refractivity contribution is -0.384. The van der Waals surface area contributed by atoms with Crippen LogP contribution in [0.4, 0.5) is 11.5 Å². The molecule has 0 amide bonds. The molecule has 0 radical (unpaired) electrons. The summed E-state index contributed by atoms with van der Waals surface area (Å²) >= 11 is 0. The summed E-state index contributed by atoms with van der Waals surface area (Å²) in [6.07, 6.45) is 3.36. The first-order chi connectivity index (χ1) is 8.99. The molecule has 0 spiro atoms. The molecule has 2 unspecified atom stereocenters. The van der Waals surface area contributed by atoms with Crippen molar-refractivity contribution in [1.29, 1.82) is 5.26 Å². The van der Waals surface area contributed by atoms with Crippen molar-refractivity contribution in [3.8, 4) is 6.07 Å². The van der Waals surface area contributed by atoms with Crippen molar-refractivity contribution in [2.24, 2.45) is 5.92 Å². The largest absolute Gasteiger partial charge is 0.362 e. The van der Waals surface area contributed by atoms with E-state index in [1.54, 1.807) is 0 Å². The molecule has 1 rings (SSSR count). The Bertz CT molecular complexity index is 496. The molecule has 0 aromatic carbocycles. The lowest BCUT2D eigenvalue weighted by Crippen LogP contribution is -2.20. The van der Waals surface area contributed by atoms with E-state index in [0.29, 0.717) is 5.92 Å². The Labute approximate surface area is 112 Å². The molecule has 0 saturated carbocycles. The van der Waals surface area contributed by atoms with E-state index < -0.39 is 4.92 Å². The van der Waals surface area contributed by atoms with Crippen molar-refractivity contribution in [2.75, 3.05) is 5.32 Å². The number of nitrogens with one attached hydrogen (secondary N) is 1. The Hall–Kier alpha value is -2.16. The van der Waals surface area contributed by atoms with Gasteiger partial charge in [0.15, 0.2) is 0 Å². The maximum Gasteiger partial charge on any atom is 0.328 e. The van der Waals surface area contributed by atoms with Gasteiger partial charge in [-0.2, -0.15) is 5.26 Å². The first kappa shape index (κ1) is 14.9. The molecule has 2 atom stereocenters. The smallest absolute Gasteiger partial charge is 0.328 e. The maximum absolute atomic E-state index is 11.0. The number of nitro groups is 1. The highest BCUT2D eigenvalue weighted by Gasteiger charge is 2.22. The summed E-state index contributed by atoms with van der Waals surface area (Å²) in [7, 11) is 0. The molecule has 0 aliphatic heterocycles. The number of aromatic nitrogens is 1. The van der Waals surface area contributed by atoms with Crippen molar-refractivity contribution in [2.45, 2.75) is 39.7 Å². The van der Waals surface area contributed by atoms with E-state index in [4.69, 9.17) is 5.26 Å². The Morgan fingerprint density at radius 1 is 1.58 bits per heavy atom. The molecule has 0 saturated heterocycles. The molecule has 1 N–H and O–H groups in total. The third kappa shape index (κ3) is 3.91. The molecule has 0 aliphatic carbocycles. The molecule has 0 bridgehead atoms. The summed E-state index contributed by atoms with van der Waals surface area (Å²) < 4.78 is 0. The fourth-order valence-electron chi connectivity index (χ4n) is 1.90. The van der Waals surface area contributed by atoms with Crippen molar-refractivity contribution < 1.29 is 4.92 Å². The Morgan fingerprint density at radius 3 is 2.79 bits per heavy atom. The van der Waals surface area contributed by atoms with Crippen LogP contribution in [0.5, 0.6) is 0 Å². The first-order valence-electron chi connectivity index (χ1n) is 6.29. The second kappa shape index (κ2) is 6.69. The minimum absolute atomic E-state index is 0.0261. The first-order valence-corrected chi connectivity index (χ1v) is 6.29. The van der Waals surface area contributed by atoms with Crippen LogP contribution in [0.3, 0.4) is 0 Å². The monoisotopic (exact) mass is 262 g/mol. The van der Waals surface area contributed by atoms with Gasteiger partial charge in [0.2, 0.25) is 5.82 Å². The highest BCUT2D eigenvalue weighted by molar-refractivity contribution is 5.64. The van der Waals surface area contributed by atoms with Crippen LogP contribution in [0.25, 0.3) is 0 Å². The zero-order valence-electron chi connectivity index (χ0n) is 11.4. The zero-order valence-corrected chi connectivity index (χ0v) is 11.4. The molecule has 1 aromatic rings. The van der Waals surface area contributed by atoms with Gasteiger partial charge in [0.05, 0.1) is 4.92 Å². The Balaban J connectivity index is 2.95. The van der Waals surface area contributed by atoms with Crippen LogP contribution in [-0.2, 0) is 0 Å². The van der Waals surface area contributed by atoms with Gasteiger partial charge in [-0.25, -0.2) is 4.98 Å². The molecule has 1 heterocycles. The summed E-state index contributed by atoms with van der Waals surface area (Å²) in [5.74, 6) is 0.695. The van der Waals surface area contributed by atoms with Gasteiger partial charge in [0.1, 0.15) is 11.6 Å². The predicted molar refractivity (Wildman–Crippen MR) is 72.8 cm³/mol. The highest BCUT2D eigenvalue weighted by Crippen LogP contribution is 2.27. The number of nitrogens with zero attached hydrogens (tertiary/aromatic N) is 3. The third-order valence-corrected chi connectivity index (χ3v) is 3.06. The average molecular weight is 262 g/mol. The van der Waals surface area contributed by atoms with Crippen molar-refractivity contribution in [3.63, 3.8) is 0 Å². The lowest BCUT2D eigenvalue weighted by atomic mass is 10.0. The van der Waals surface area contributed by atoms with E-state index in [-0.39, 0.29) is 23.1 Å². The molecular weight excluding hydrogens is 244 g/mol. The fraction of sp³-hybridized carbons (Fsp3) is 0.538. The topological polar surface area (TPSA) is 91.8 Å². The van der Waals surface area contributed by atoms with Gasteiger partial charge in [-0.05, 0) is 25.3 Å². The van der Waals surface area contributed by atoms with E-state index in [9.17, 15) is 10.1 Å². The number of hydrogen-bond acceptors (Lipinski definition) is 5. The van der Waals surface area contributed by atoms with Crippen LogP contribution in [0.1, 0.15) is 39.2 Å². The summed E-state index contributed by atoms with van der Waals surface area (Å²) in [4.78, 5) is 14.4. The standard InChI is InChI=1S/C13H18N4O2/c1-4-9(2)7-10(3)16-13-12(17(18)19)11(8-14)5-6-15-13/h5-6,9-10H,4,7H2,1-3H3,(H,15,16). The summed E-state index contributed by atoms with van der Waals surface area (Å²) in [5.41, 5.74) is -0.223. The molecule has 6 heteroatoms. The van der Waals surface area contributed by atoms with Crippen molar-refractivity contribution in [1.82, 2.24) is 4.98 Å². The van der Waals surface area contributed by atoms with Gasteiger partial charge >= 0.3 is 5.69 Å². The number of hydrogen-bond donors (Lipinski definition) is 1. The minimum Gasteiger partial charge on any atom is -0.362 e. The average Bonchev–Trinajstić information content (AvgIpc) is 2.37. The molecular formula is C13H18N4O2. The van der Waals surface area contributed by atoms with Gasteiger partial charge in [-0.15, -0.1) is 0 Å². The molecule has 0 fully saturated rings. The third-order valence-electron chi connectivity index (χ3n) is 3.06. The summed E-state index contributed by atoms with van der Waals surface area (Å²) in [5, 5.41) is 23.0. The van der Waals surface area contributed by atoms with E-state index in [2.05, 4.69) is 24.1 Å². The van der Waals surface area contributed by atoms with E-state index >= 15 is 0 Å². The van der Waals surface area contributed by atoms with Gasteiger partial charge < -0.3 is 5.32 Å².